The first-order chi connectivity index (χ1) is 6.26. The molecular weight excluding hydrogens is 178 g/mol. The number of carbonyl (C=O) groups is 1. The minimum atomic E-state index is -0.642. The van der Waals surface area contributed by atoms with Crippen molar-refractivity contribution in [3.05, 3.63) is 0 Å². The van der Waals surface area contributed by atoms with Crippen molar-refractivity contribution in [2.75, 3.05) is 39.5 Å². The minimum Gasteiger partial charge on any atom is -0.447 e. The molecule has 0 saturated heterocycles. The lowest BCUT2D eigenvalue weighted by molar-refractivity contribution is 0.0721. The van der Waals surface area contributed by atoms with Crippen molar-refractivity contribution in [3.63, 3.8) is 0 Å². The molecule has 6 nitrogen and oxygen atoms in total. The Morgan fingerprint density at radius 2 is 1.62 bits per heavy atom. The van der Waals surface area contributed by atoms with Crippen LogP contribution in [0.4, 0.5) is 4.79 Å². The van der Waals surface area contributed by atoms with E-state index >= 15 is 0 Å². The van der Waals surface area contributed by atoms with Crippen molar-refractivity contribution in [3.8, 4) is 0 Å². The number of aliphatic hydroxyl groups excluding tert-OH is 3. The van der Waals surface area contributed by atoms with Crippen LogP contribution in [0.3, 0.4) is 0 Å². The number of nitrogens with zero attached hydrogens (tertiary/aromatic N) is 1. The number of ether oxygens (including phenoxy) is 1. The van der Waals surface area contributed by atoms with Crippen LogP contribution < -0.4 is 0 Å². The summed E-state index contributed by atoms with van der Waals surface area (Å²) in [5.41, 5.74) is 0. The summed E-state index contributed by atoms with van der Waals surface area (Å²) in [6, 6.07) is 0. The Morgan fingerprint density at radius 1 is 1.08 bits per heavy atom. The first-order valence-corrected chi connectivity index (χ1v) is 4.00. The standard InChI is InChI=1S/C7H15NO5/c9-3-1-8(2-4-10)7(12)13-6-5-11/h9-11H,1-6H2. The fourth-order valence-electron chi connectivity index (χ4n) is 0.760. The van der Waals surface area contributed by atoms with Crippen LogP contribution in [0, 0.1) is 0 Å². The molecule has 0 aromatic heterocycles. The Bertz CT molecular complexity index is 135. The molecule has 0 atom stereocenters. The normalized spacial score (nSPS) is 9.77. The smallest absolute Gasteiger partial charge is 0.409 e. The second-order valence-electron chi connectivity index (χ2n) is 2.27. The zero-order valence-corrected chi connectivity index (χ0v) is 7.35. The lowest BCUT2D eigenvalue weighted by Crippen LogP contribution is -2.36. The Kier molecular flexibility index (Phi) is 7.27. The molecule has 0 bridgehead atoms. The molecule has 78 valence electrons. The van der Waals surface area contributed by atoms with Gasteiger partial charge in [0.15, 0.2) is 0 Å². The summed E-state index contributed by atoms with van der Waals surface area (Å²) >= 11 is 0. The second-order valence-corrected chi connectivity index (χ2v) is 2.27. The van der Waals surface area contributed by atoms with Gasteiger partial charge in [-0.3, -0.25) is 0 Å². The first-order valence-electron chi connectivity index (χ1n) is 4.00. The topological polar surface area (TPSA) is 90.2 Å². The molecule has 0 spiro atoms. The first kappa shape index (κ1) is 12.2. The van der Waals surface area contributed by atoms with E-state index < -0.39 is 6.09 Å². The molecule has 0 unspecified atom stereocenters. The predicted molar refractivity (Wildman–Crippen MR) is 44.2 cm³/mol. The molecule has 0 radical (unpaired) electrons. The van der Waals surface area contributed by atoms with Gasteiger partial charge in [-0.25, -0.2) is 4.79 Å². The summed E-state index contributed by atoms with van der Waals surface area (Å²) in [5, 5.41) is 25.5. The summed E-state index contributed by atoms with van der Waals surface area (Å²) in [7, 11) is 0. The number of aliphatic hydroxyl groups is 3. The number of amides is 1. The third-order valence-electron chi connectivity index (χ3n) is 1.31. The molecule has 6 heteroatoms. The zero-order chi connectivity index (χ0) is 10.1. The van der Waals surface area contributed by atoms with Crippen LogP contribution in [-0.4, -0.2) is 65.8 Å². The van der Waals surface area contributed by atoms with Crippen molar-refractivity contribution in [2.45, 2.75) is 0 Å². The molecule has 0 aliphatic carbocycles. The highest BCUT2D eigenvalue weighted by Crippen LogP contribution is 1.92. The zero-order valence-electron chi connectivity index (χ0n) is 7.35. The lowest BCUT2D eigenvalue weighted by Gasteiger charge is -2.19. The highest BCUT2D eigenvalue weighted by Gasteiger charge is 2.12. The number of hydrogen-bond acceptors (Lipinski definition) is 5. The van der Waals surface area contributed by atoms with E-state index in [1.807, 2.05) is 0 Å². The molecule has 0 aliphatic rings. The molecule has 0 rings (SSSR count). The third kappa shape index (κ3) is 5.40. The maximum absolute atomic E-state index is 11.1. The summed E-state index contributed by atoms with van der Waals surface area (Å²) in [6.07, 6.45) is -0.642. The molecular formula is C7H15NO5. The molecule has 3 N–H and O–H groups in total. The van der Waals surface area contributed by atoms with Gasteiger partial charge in [0.25, 0.3) is 0 Å². The summed E-state index contributed by atoms with van der Waals surface area (Å²) in [4.78, 5) is 12.2. The Balaban J connectivity index is 3.80. The monoisotopic (exact) mass is 193 g/mol. The molecule has 1 amide bonds. The van der Waals surface area contributed by atoms with Gasteiger partial charge >= 0.3 is 6.09 Å². The van der Waals surface area contributed by atoms with Crippen LogP contribution >= 0.6 is 0 Å². The molecule has 0 aromatic carbocycles. The van der Waals surface area contributed by atoms with E-state index in [1.165, 1.54) is 0 Å². The van der Waals surface area contributed by atoms with Crippen LogP contribution in [0.25, 0.3) is 0 Å². The number of hydrogen-bond donors (Lipinski definition) is 3. The van der Waals surface area contributed by atoms with E-state index in [0.717, 1.165) is 4.90 Å². The third-order valence-corrected chi connectivity index (χ3v) is 1.31. The average molecular weight is 193 g/mol. The fraction of sp³-hybridized carbons (Fsp3) is 0.857. The molecule has 0 aromatic rings. The van der Waals surface area contributed by atoms with Crippen LogP contribution in [0.5, 0.6) is 0 Å². The second kappa shape index (κ2) is 7.78. The molecule has 0 heterocycles. The van der Waals surface area contributed by atoms with Crippen molar-refractivity contribution in [1.82, 2.24) is 4.90 Å². The highest BCUT2D eigenvalue weighted by atomic mass is 16.6. The summed E-state index contributed by atoms with van der Waals surface area (Å²) in [6.45, 7) is -0.456. The van der Waals surface area contributed by atoms with Crippen molar-refractivity contribution >= 4 is 6.09 Å². The Morgan fingerprint density at radius 3 is 2.00 bits per heavy atom. The fourth-order valence-corrected chi connectivity index (χ4v) is 0.760. The van der Waals surface area contributed by atoms with Gasteiger partial charge in [-0.05, 0) is 0 Å². The lowest BCUT2D eigenvalue weighted by atomic mass is 10.5. The van der Waals surface area contributed by atoms with Crippen LogP contribution in [-0.2, 0) is 4.74 Å². The van der Waals surface area contributed by atoms with Gasteiger partial charge in [0, 0.05) is 13.1 Å². The quantitative estimate of drug-likeness (QED) is 0.472. The van der Waals surface area contributed by atoms with Gasteiger partial charge in [-0.2, -0.15) is 0 Å². The molecule has 0 fully saturated rings. The number of rotatable bonds is 6. The number of carbonyl (C=O) groups excluding carboxylic acids is 1. The minimum absolute atomic E-state index is 0.0772. The highest BCUT2D eigenvalue weighted by molar-refractivity contribution is 5.67. The maximum atomic E-state index is 11.1. The largest absolute Gasteiger partial charge is 0.447 e. The van der Waals surface area contributed by atoms with Crippen molar-refractivity contribution in [1.29, 1.82) is 0 Å². The van der Waals surface area contributed by atoms with Gasteiger partial charge in [0.05, 0.1) is 19.8 Å². The van der Waals surface area contributed by atoms with Gasteiger partial charge < -0.3 is 25.0 Å². The molecule has 0 aliphatic heterocycles. The molecule has 0 saturated carbocycles. The van der Waals surface area contributed by atoms with Crippen LogP contribution in [0.2, 0.25) is 0 Å². The van der Waals surface area contributed by atoms with E-state index in [2.05, 4.69) is 4.74 Å². The van der Waals surface area contributed by atoms with Gasteiger partial charge in [0.2, 0.25) is 0 Å². The van der Waals surface area contributed by atoms with Crippen LogP contribution in [0.1, 0.15) is 0 Å². The Labute approximate surface area is 76.3 Å². The predicted octanol–water partition coefficient (Wildman–Crippen LogP) is -1.60. The van der Waals surface area contributed by atoms with E-state index in [9.17, 15) is 4.79 Å². The summed E-state index contributed by atoms with van der Waals surface area (Å²) < 4.78 is 4.57. The van der Waals surface area contributed by atoms with Gasteiger partial charge in [-0.1, -0.05) is 0 Å². The van der Waals surface area contributed by atoms with Crippen molar-refractivity contribution in [2.24, 2.45) is 0 Å². The van der Waals surface area contributed by atoms with Gasteiger partial charge in [-0.15, -0.1) is 0 Å². The van der Waals surface area contributed by atoms with Crippen molar-refractivity contribution < 1.29 is 24.9 Å². The SMILES string of the molecule is O=C(OCCO)N(CCO)CCO. The van der Waals surface area contributed by atoms with E-state index in [0.29, 0.717) is 0 Å². The maximum Gasteiger partial charge on any atom is 0.409 e. The van der Waals surface area contributed by atoms with E-state index in [-0.39, 0.29) is 39.5 Å². The average Bonchev–Trinajstić information content (AvgIpc) is 2.14. The van der Waals surface area contributed by atoms with E-state index in [1.54, 1.807) is 0 Å². The molecule has 13 heavy (non-hydrogen) atoms. The summed E-state index contributed by atoms with van der Waals surface area (Å²) in [5.74, 6) is 0. The van der Waals surface area contributed by atoms with Crippen LogP contribution in [0.15, 0.2) is 0 Å². The van der Waals surface area contributed by atoms with E-state index in [4.69, 9.17) is 15.3 Å². The van der Waals surface area contributed by atoms with Gasteiger partial charge in [0.1, 0.15) is 6.61 Å². The Hall–Kier alpha value is -0.850.